The number of aliphatic carboxylic acids is 1. The first-order chi connectivity index (χ1) is 9.41. The number of urea groups is 1. The number of hydrogen-bond acceptors (Lipinski definition) is 4. The van der Waals surface area contributed by atoms with Crippen molar-refractivity contribution in [3.8, 4) is 0 Å². The molecule has 8 heteroatoms. The van der Waals surface area contributed by atoms with Crippen LogP contribution >= 0.6 is 0 Å². The van der Waals surface area contributed by atoms with E-state index in [2.05, 4.69) is 5.32 Å². The lowest BCUT2D eigenvalue weighted by atomic mass is 10.1. The molecule has 114 valence electrons. The molecule has 1 fully saturated rings. The molecule has 1 atom stereocenters. The van der Waals surface area contributed by atoms with Gasteiger partial charge in [-0.25, -0.2) is 9.59 Å². The lowest BCUT2D eigenvalue weighted by Gasteiger charge is -2.32. The number of rotatable bonds is 6. The highest BCUT2D eigenvalue weighted by Crippen LogP contribution is 2.13. The van der Waals surface area contributed by atoms with Crippen molar-refractivity contribution >= 4 is 17.9 Å². The predicted molar refractivity (Wildman–Crippen MR) is 70.0 cm³/mol. The number of amides is 3. The summed E-state index contributed by atoms with van der Waals surface area (Å²) in [6, 6.07) is -1.54. The molecule has 1 saturated heterocycles. The quantitative estimate of drug-likeness (QED) is 0.609. The van der Waals surface area contributed by atoms with Gasteiger partial charge in [0.05, 0.1) is 0 Å². The SMILES string of the molecule is CN(C(=O)N[C@@H](CCC(N)=O)C(=O)O)C1CCOCC1. The molecule has 8 nitrogen and oxygen atoms in total. The van der Waals surface area contributed by atoms with Crippen LogP contribution in [0.4, 0.5) is 4.79 Å². The highest BCUT2D eigenvalue weighted by molar-refractivity contribution is 5.83. The average molecular weight is 287 g/mol. The van der Waals surface area contributed by atoms with E-state index in [0.29, 0.717) is 13.2 Å². The summed E-state index contributed by atoms with van der Waals surface area (Å²) >= 11 is 0. The zero-order valence-corrected chi connectivity index (χ0v) is 11.5. The monoisotopic (exact) mass is 287 g/mol. The van der Waals surface area contributed by atoms with Crippen LogP contribution < -0.4 is 11.1 Å². The van der Waals surface area contributed by atoms with Gasteiger partial charge in [-0.3, -0.25) is 4.79 Å². The van der Waals surface area contributed by atoms with Crippen molar-refractivity contribution in [3.63, 3.8) is 0 Å². The van der Waals surface area contributed by atoms with Crippen LogP contribution in [0.5, 0.6) is 0 Å². The van der Waals surface area contributed by atoms with Crippen LogP contribution in [0.25, 0.3) is 0 Å². The van der Waals surface area contributed by atoms with E-state index >= 15 is 0 Å². The highest BCUT2D eigenvalue weighted by Gasteiger charge is 2.26. The number of nitrogens with zero attached hydrogens (tertiary/aromatic N) is 1. The molecular formula is C12H21N3O5. The minimum atomic E-state index is -1.18. The third-order valence-corrected chi connectivity index (χ3v) is 3.33. The summed E-state index contributed by atoms with van der Waals surface area (Å²) in [5.74, 6) is -1.77. The summed E-state index contributed by atoms with van der Waals surface area (Å²) in [7, 11) is 1.62. The van der Waals surface area contributed by atoms with Gasteiger partial charge in [0.25, 0.3) is 0 Å². The Morgan fingerprint density at radius 1 is 1.40 bits per heavy atom. The lowest BCUT2D eigenvalue weighted by Crippen LogP contribution is -2.51. The number of nitrogens with one attached hydrogen (secondary N) is 1. The normalized spacial score (nSPS) is 17.2. The molecule has 0 radical (unpaired) electrons. The Bertz CT molecular complexity index is 368. The minimum Gasteiger partial charge on any atom is -0.480 e. The molecule has 1 heterocycles. The molecule has 1 aliphatic heterocycles. The largest absolute Gasteiger partial charge is 0.480 e. The molecule has 0 unspecified atom stereocenters. The Labute approximate surface area is 117 Å². The van der Waals surface area contributed by atoms with E-state index in [4.69, 9.17) is 15.6 Å². The number of carboxylic acid groups (broad SMARTS) is 1. The first-order valence-corrected chi connectivity index (χ1v) is 6.54. The van der Waals surface area contributed by atoms with E-state index in [1.807, 2.05) is 0 Å². The summed E-state index contributed by atoms with van der Waals surface area (Å²) in [5, 5.41) is 11.4. The van der Waals surface area contributed by atoms with E-state index in [-0.39, 0.29) is 18.9 Å². The van der Waals surface area contributed by atoms with Gasteiger partial charge in [0.15, 0.2) is 0 Å². The minimum absolute atomic E-state index is 0.0158. The maximum absolute atomic E-state index is 12.0. The Hall–Kier alpha value is -1.83. The van der Waals surface area contributed by atoms with Crippen molar-refractivity contribution in [1.82, 2.24) is 10.2 Å². The summed E-state index contributed by atoms with van der Waals surface area (Å²) in [6.45, 7) is 1.18. The summed E-state index contributed by atoms with van der Waals surface area (Å²) in [5.41, 5.74) is 4.98. The van der Waals surface area contributed by atoms with Crippen LogP contribution in [0.15, 0.2) is 0 Å². The molecular weight excluding hydrogens is 266 g/mol. The summed E-state index contributed by atoms with van der Waals surface area (Å²) in [6.07, 6.45) is 1.35. The van der Waals surface area contributed by atoms with Crippen molar-refractivity contribution in [2.75, 3.05) is 20.3 Å². The number of carboxylic acids is 1. The molecule has 1 rings (SSSR count). The van der Waals surface area contributed by atoms with Gasteiger partial charge in [-0.05, 0) is 19.3 Å². The van der Waals surface area contributed by atoms with E-state index in [0.717, 1.165) is 12.8 Å². The zero-order valence-electron chi connectivity index (χ0n) is 11.5. The van der Waals surface area contributed by atoms with Crippen LogP contribution in [0, 0.1) is 0 Å². The second-order valence-corrected chi connectivity index (χ2v) is 4.80. The van der Waals surface area contributed by atoms with Gasteiger partial charge in [0, 0.05) is 32.7 Å². The molecule has 0 spiro atoms. The van der Waals surface area contributed by atoms with Crippen LogP contribution in [-0.4, -0.2) is 60.3 Å². The second kappa shape index (κ2) is 7.68. The highest BCUT2D eigenvalue weighted by atomic mass is 16.5. The predicted octanol–water partition coefficient (Wildman–Crippen LogP) is -0.474. The molecule has 0 aromatic carbocycles. The molecule has 0 aromatic rings. The third kappa shape index (κ3) is 5.04. The van der Waals surface area contributed by atoms with Gasteiger partial charge in [-0.15, -0.1) is 0 Å². The Balaban J connectivity index is 2.51. The Morgan fingerprint density at radius 2 is 2.00 bits per heavy atom. The summed E-state index contributed by atoms with van der Waals surface area (Å²) < 4.78 is 5.21. The molecule has 1 aliphatic rings. The van der Waals surface area contributed by atoms with Crippen molar-refractivity contribution in [3.05, 3.63) is 0 Å². The maximum Gasteiger partial charge on any atom is 0.326 e. The maximum atomic E-state index is 12.0. The zero-order chi connectivity index (χ0) is 15.1. The van der Waals surface area contributed by atoms with E-state index in [9.17, 15) is 14.4 Å². The van der Waals surface area contributed by atoms with Crippen LogP contribution in [0.3, 0.4) is 0 Å². The number of hydrogen-bond donors (Lipinski definition) is 3. The number of nitrogens with two attached hydrogens (primary N) is 1. The van der Waals surface area contributed by atoms with Gasteiger partial charge in [-0.1, -0.05) is 0 Å². The van der Waals surface area contributed by atoms with Crippen LogP contribution in [0.1, 0.15) is 25.7 Å². The fourth-order valence-electron chi connectivity index (χ4n) is 2.03. The summed E-state index contributed by atoms with van der Waals surface area (Å²) in [4.78, 5) is 35.2. The van der Waals surface area contributed by atoms with Gasteiger partial charge in [0.2, 0.25) is 5.91 Å². The molecule has 4 N–H and O–H groups in total. The van der Waals surface area contributed by atoms with Crippen LogP contribution in [-0.2, 0) is 14.3 Å². The molecule has 0 aromatic heterocycles. The third-order valence-electron chi connectivity index (χ3n) is 3.33. The van der Waals surface area contributed by atoms with Crippen molar-refractivity contribution in [2.24, 2.45) is 5.73 Å². The van der Waals surface area contributed by atoms with Crippen molar-refractivity contribution < 1.29 is 24.2 Å². The van der Waals surface area contributed by atoms with Gasteiger partial charge in [-0.2, -0.15) is 0 Å². The Kier molecular flexibility index (Phi) is 6.23. The first-order valence-electron chi connectivity index (χ1n) is 6.54. The Morgan fingerprint density at radius 3 is 2.50 bits per heavy atom. The van der Waals surface area contributed by atoms with Crippen molar-refractivity contribution in [2.45, 2.75) is 37.8 Å². The molecule has 3 amide bonds. The fourth-order valence-corrected chi connectivity index (χ4v) is 2.03. The van der Waals surface area contributed by atoms with Gasteiger partial charge in [0.1, 0.15) is 6.04 Å². The standard InChI is InChI=1S/C12H21N3O5/c1-15(8-4-6-20-7-5-8)12(19)14-9(11(17)18)2-3-10(13)16/h8-9H,2-7H2,1H3,(H2,13,16)(H,14,19)(H,17,18)/t9-/m0/s1. The van der Waals surface area contributed by atoms with Gasteiger partial charge >= 0.3 is 12.0 Å². The smallest absolute Gasteiger partial charge is 0.326 e. The van der Waals surface area contributed by atoms with E-state index < -0.39 is 23.9 Å². The number of carbonyl (C=O) groups is 3. The number of primary amides is 1. The van der Waals surface area contributed by atoms with Gasteiger partial charge < -0.3 is 25.8 Å². The fraction of sp³-hybridized carbons (Fsp3) is 0.750. The molecule has 0 bridgehead atoms. The number of carbonyl (C=O) groups excluding carboxylic acids is 2. The van der Waals surface area contributed by atoms with E-state index in [1.54, 1.807) is 7.05 Å². The second-order valence-electron chi connectivity index (χ2n) is 4.80. The van der Waals surface area contributed by atoms with Crippen LogP contribution in [0.2, 0.25) is 0 Å². The average Bonchev–Trinajstić information content (AvgIpc) is 2.42. The number of ether oxygens (including phenoxy) is 1. The molecule has 20 heavy (non-hydrogen) atoms. The van der Waals surface area contributed by atoms with E-state index in [1.165, 1.54) is 4.90 Å². The first kappa shape index (κ1) is 16.2. The lowest BCUT2D eigenvalue weighted by molar-refractivity contribution is -0.139. The molecule has 0 saturated carbocycles. The molecule has 0 aliphatic carbocycles. The topological polar surface area (TPSA) is 122 Å². The van der Waals surface area contributed by atoms with Crippen molar-refractivity contribution in [1.29, 1.82) is 0 Å².